The van der Waals surface area contributed by atoms with E-state index in [4.69, 9.17) is 5.11 Å². The van der Waals surface area contributed by atoms with Crippen molar-refractivity contribution in [3.05, 3.63) is 12.7 Å². The number of aliphatic hydroxyl groups is 1. The zero-order valence-corrected chi connectivity index (χ0v) is 22.8. The maximum Gasteiger partial charge on any atom is 0.126 e. The molecule has 5 rings (SSSR count). The van der Waals surface area contributed by atoms with Crippen LogP contribution in [0.2, 0.25) is 0 Å². The van der Waals surface area contributed by atoms with Crippen molar-refractivity contribution in [2.24, 2.45) is 56.4 Å². The molecule has 0 heterocycles. The number of aliphatic hydroxyl groups excluding tert-OH is 1. The van der Waals surface area contributed by atoms with Gasteiger partial charge in [-0.15, -0.1) is 6.58 Å². The summed E-state index contributed by atoms with van der Waals surface area (Å²) >= 11 is 0. The molecule has 0 amide bonds. The Morgan fingerprint density at radius 2 is 1.59 bits per heavy atom. The van der Waals surface area contributed by atoms with Crippen LogP contribution in [0.1, 0.15) is 105 Å². The van der Waals surface area contributed by atoms with E-state index in [1.807, 2.05) is 6.92 Å². The Kier molecular flexibility index (Phi) is 8.12. The number of carbonyl (C=O) groups excluding carboxylic acids is 1. The Bertz CT molecular complexity index is 779. The molecule has 0 saturated heterocycles. The first kappa shape index (κ1) is 27.4. The van der Waals surface area contributed by atoms with Crippen LogP contribution in [0.4, 0.5) is 0 Å². The van der Waals surface area contributed by atoms with E-state index in [0.29, 0.717) is 34.0 Å². The predicted octanol–water partition coefficient (Wildman–Crippen LogP) is 7.28. The van der Waals surface area contributed by atoms with Gasteiger partial charge in [0.15, 0.2) is 0 Å². The van der Waals surface area contributed by atoms with Crippen molar-refractivity contribution in [1.29, 1.82) is 0 Å². The predicted molar refractivity (Wildman–Crippen MR) is 140 cm³/mol. The van der Waals surface area contributed by atoms with E-state index in [1.54, 1.807) is 6.08 Å². The second-order valence-corrected chi connectivity index (χ2v) is 12.9. The molecule has 5 saturated carbocycles. The first-order valence-corrected chi connectivity index (χ1v) is 13.9. The molecule has 4 heteroatoms. The van der Waals surface area contributed by atoms with Crippen molar-refractivity contribution >= 4 is 12.0 Å². The molecular formula is C30H51NO3. The number of hydrogen-bond donors (Lipinski definition) is 2. The third-order valence-electron chi connectivity index (χ3n) is 12.2. The highest BCUT2D eigenvalue weighted by atomic mass is 16.4. The van der Waals surface area contributed by atoms with Gasteiger partial charge in [-0.2, -0.15) is 0 Å². The van der Waals surface area contributed by atoms with Crippen LogP contribution in [0.25, 0.3) is 0 Å². The molecule has 0 spiro atoms. The number of nitrogens with zero attached hydrogens (tertiary/aromatic N) is 1. The number of hydrogen-bond acceptors (Lipinski definition) is 4. The van der Waals surface area contributed by atoms with Crippen LogP contribution in [0.3, 0.4) is 0 Å². The maximum atomic E-state index is 12.2. The molecule has 5 aliphatic rings. The lowest BCUT2D eigenvalue weighted by molar-refractivity contribution is -0.217. The molecule has 194 valence electrons. The fourth-order valence-corrected chi connectivity index (χ4v) is 10.4. The first-order valence-electron chi connectivity index (χ1n) is 13.9. The van der Waals surface area contributed by atoms with Gasteiger partial charge in [0.05, 0.1) is 5.71 Å². The quantitative estimate of drug-likeness (QED) is 0.182. The Morgan fingerprint density at radius 3 is 2.21 bits per heavy atom. The monoisotopic (exact) mass is 473 g/mol. The minimum absolute atomic E-state index is 0.0142. The van der Waals surface area contributed by atoms with Crippen LogP contribution in [-0.2, 0) is 4.79 Å². The third-order valence-corrected chi connectivity index (χ3v) is 12.2. The highest BCUT2D eigenvalue weighted by Gasteiger charge is 2.68. The highest BCUT2D eigenvalue weighted by Crippen LogP contribution is 2.75. The number of rotatable bonds is 1. The van der Waals surface area contributed by atoms with Gasteiger partial charge in [-0.1, -0.05) is 45.3 Å². The lowest BCUT2D eigenvalue weighted by atomic mass is 9.33. The van der Waals surface area contributed by atoms with E-state index in [2.05, 4.69) is 39.4 Å². The molecular weight excluding hydrogens is 422 g/mol. The number of oxime groups is 1. The van der Waals surface area contributed by atoms with Gasteiger partial charge in [0.1, 0.15) is 6.29 Å². The van der Waals surface area contributed by atoms with Gasteiger partial charge in [-0.3, -0.25) is 0 Å². The van der Waals surface area contributed by atoms with Crippen LogP contribution in [-0.4, -0.2) is 29.4 Å². The topological polar surface area (TPSA) is 69.9 Å². The Hall–Kier alpha value is -1.16. The smallest absolute Gasteiger partial charge is 0.126 e. The molecule has 8 unspecified atom stereocenters. The summed E-state index contributed by atoms with van der Waals surface area (Å²) < 4.78 is 0. The van der Waals surface area contributed by atoms with Gasteiger partial charge >= 0.3 is 0 Å². The minimum Gasteiger partial charge on any atom is -0.411 e. The second kappa shape index (κ2) is 10.1. The summed E-state index contributed by atoms with van der Waals surface area (Å²) in [6.45, 7) is 15.4. The lowest BCUT2D eigenvalue weighted by Crippen LogP contribution is -2.64. The summed E-state index contributed by atoms with van der Waals surface area (Å²) in [5, 5.41) is 20.2. The third kappa shape index (κ3) is 3.73. The normalized spacial score (nSPS) is 50.1. The molecule has 0 aliphatic heterocycles. The maximum absolute atomic E-state index is 12.2. The average Bonchev–Trinajstić information content (AvgIpc) is 3.26. The van der Waals surface area contributed by atoms with Gasteiger partial charge in [-0.05, 0) is 111 Å². The van der Waals surface area contributed by atoms with Gasteiger partial charge in [0, 0.05) is 18.4 Å². The number of aldehydes is 1. The molecule has 2 N–H and O–H groups in total. The van der Waals surface area contributed by atoms with E-state index >= 15 is 0 Å². The molecule has 0 aromatic rings. The zero-order valence-electron chi connectivity index (χ0n) is 22.8. The van der Waals surface area contributed by atoms with Crippen LogP contribution < -0.4 is 0 Å². The zero-order chi connectivity index (χ0) is 25.4. The highest BCUT2D eigenvalue weighted by molar-refractivity contribution is 5.87. The largest absolute Gasteiger partial charge is 0.411 e. The van der Waals surface area contributed by atoms with Gasteiger partial charge < -0.3 is 15.1 Å². The summed E-state index contributed by atoms with van der Waals surface area (Å²) in [6.07, 6.45) is 16.6. The Morgan fingerprint density at radius 1 is 0.912 bits per heavy atom. The molecule has 4 nitrogen and oxygen atoms in total. The summed E-state index contributed by atoms with van der Waals surface area (Å²) in [6, 6.07) is 0. The second-order valence-electron chi connectivity index (χ2n) is 12.9. The number of carbonyl (C=O) groups is 1. The first-order chi connectivity index (χ1) is 16.2. The Labute approximate surface area is 208 Å². The van der Waals surface area contributed by atoms with Gasteiger partial charge in [0.2, 0.25) is 0 Å². The van der Waals surface area contributed by atoms with E-state index in [-0.39, 0.29) is 5.41 Å². The van der Waals surface area contributed by atoms with Crippen LogP contribution in [0.15, 0.2) is 17.8 Å². The van der Waals surface area contributed by atoms with E-state index in [9.17, 15) is 10.0 Å². The molecule has 0 bridgehead atoms. The van der Waals surface area contributed by atoms with E-state index in [0.717, 1.165) is 43.9 Å². The fraction of sp³-hybridized carbons (Fsp3) is 0.867. The molecule has 0 aromatic heterocycles. The average molecular weight is 474 g/mol. The number of allylic oxidation sites excluding steroid dienone is 1. The molecule has 5 fully saturated rings. The van der Waals surface area contributed by atoms with E-state index in [1.165, 1.54) is 57.7 Å². The van der Waals surface area contributed by atoms with Crippen molar-refractivity contribution in [2.45, 2.75) is 105 Å². The van der Waals surface area contributed by atoms with Gasteiger partial charge in [0.25, 0.3) is 0 Å². The SMILES string of the molecule is C=CC.CC1/C(=N/O)CCC2(C)C1CCC1(C)C2CCC2C3CCCC3(C=O)CC[C@]21C.CO. The molecule has 5 aliphatic carbocycles. The number of fused-ring (bicyclic) bond motifs is 7. The molecule has 34 heavy (non-hydrogen) atoms. The lowest BCUT2D eigenvalue weighted by Gasteiger charge is -2.71. The minimum atomic E-state index is 0.0142. The summed E-state index contributed by atoms with van der Waals surface area (Å²) in [5.74, 6) is 3.21. The van der Waals surface area contributed by atoms with Crippen molar-refractivity contribution in [2.75, 3.05) is 7.11 Å². The molecule has 9 atom stereocenters. The van der Waals surface area contributed by atoms with Crippen molar-refractivity contribution < 1.29 is 15.1 Å². The van der Waals surface area contributed by atoms with Crippen molar-refractivity contribution in [3.8, 4) is 0 Å². The van der Waals surface area contributed by atoms with Gasteiger partial charge in [-0.25, -0.2) is 0 Å². The summed E-state index contributed by atoms with van der Waals surface area (Å²) in [4.78, 5) is 12.2. The molecule has 0 radical (unpaired) electrons. The van der Waals surface area contributed by atoms with Crippen LogP contribution in [0, 0.1) is 51.2 Å². The van der Waals surface area contributed by atoms with E-state index < -0.39 is 0 Å². The molecule has 0 aromatic carbocycles. The van der Waals surface area contributed by atoms with Crippen molar-refractivity contribution in [1.82, 2.24) is 0 Å². The van der Waals surface area contributed by atoms with Crippen LogP contribution >= 0.6 is 0 Å². The standard InChI is InChI=1S/C26H41NO2.C3H6.CH4O/c1-17-18-9-13-25(4)22(23(18,2)12-10-21(17)27-29)8-7-19-20-6-5-11-26(20,16-28)15-14-24(19,25)3;1-3-2;1-2/h16-20,22,29H,5-15H2,1-4H3;3H,1H2,2H3;2H,1H3/b27-21+;;/t17?,18?,19?,20?,22?,23?,24-,25?,26?;;/m1../s1. The Balaban J connectivity index is 0.000000603. The van der Waals surface area contributed by atoms with Crippen LogP contribution in [0.5, 0.6) is 0 Å². The summed E-state index contributed by atoms with van der Waals surface area (Å²) in [5.41, 5.74) is 2.17. The summed E-state index contributed by atoms with van der Waals surface area (Å²) in [7, 11) is 1.00. The van der Waals surface area contributed by atoms with Crippen molar-refractivity contribution in [3.63, 3.8) is 0 Å². The fourth-order valence-electron chi connectivity index (χ4n) is 10.4.